The van der Waals surface area contributed by atoms with E-state index in [4.69, 9.17) is 4.74 Å². The number of nitriles is 1. The molecule has 0 saturated carbocycles. The minimum Gasteiger partial charge on any atom is -0.390 e. The highest BCUT2D eigenvalue weighted by Crippen LogP contribution is 2.26. The third-order valence-corrected chi connectivity index (χ3v) is 5.35. The van der Waals surface area contributed by atoms with Crippen molar-refractivity contribution in [2.75, 3.05) is 19.8 Å². The molecule has 2 rings (SSSR count). The SMILES string of the molecule is CCCCOCCCN/C=C(/C#N)C(=O)NC(CC)c1ccc2c(c1)CCCC2. The molecule has 0 radical (unpaired) electrons. The van der Waals surface area contributed by atoms with Gasteiger partial charge in [0.2, 0.25) is 0 Å². The summed E-state index contributed by atoms with van der Waals surface area (Å²) in [6.45, 7) is 6.34. The van der Waals surface area contributed by atoms with E-state index >= 15 is 0 Å². The Morgan fingerprint density at radius 3 is 2.69 bits per heavy atom. The van der Waals surface area contributed by atoms with Crippen LogP contribution in [0, 0.1) is 11.3 Å². The molecule has 0 bridgehead atoms. The number of nitrogens with one attached hydrogen (secondary N) is 2. The Kier molecular flexibility index (Phi) is 10.3. The first-order valence-electron chi connectivity index (χ1n) is 11.0. The zero-order valence-electron chi connectivity index (χ0n) is 17.9. The molecule has 1 unspecified atom stereocenters. The minimum atomic E-state index is -0.330. The number of carbonyl (C=O) groups is 1. The van der Waals surface area contributed by atoms with E-state index in [9.17, 15) is 10.1 Å². The lowest BCUT2D eigenvalue weighted by molar-refractivity contribution is -0.117. The normalized spacial score (nSPS) is 14.6. The molecular formula is C24H35N3O2. The number of ether oxygens (including phenoxy) is 1. The van der Waals surface area contributed by atoms with E-state index in [2.05, 4.69) is 42.7 Å². The van der Waals surface area contributed by atoms with Crippen molar-refractivity contribution in [3.63, 3.8) is 0 Å². The fourth-order valence-electron chi connectivity index (χ4n) is 3.57. The first-order valence-corrected chi connectivity index (χ1v) is 11.0. The van der Waals surface area contributed by atoms with E-state index < -0.39 is 0 Å². The van der Waals surface area contributed by atoms with E-state index in [0.717, 1.165) is 50.7 Å². The number of unbranched alkanes of at least 4 members (excludes halogenated alkanes) is 1. The first kappa shape index (κ1) is 23.0. The maximum absolute atomic E-state index is 12.6. The highest BCUT2D eigenvalue weighted by atomic mass is 16.5. The van der Waals surface area contributed by atoms with Crippen molar-refractivity contribution in [3.8, 4) is 6.07 Å². The maximum atomic E-state index is 12.6. The molecule has 0 aromatic heterocycles. The van der Waals surface area contributed by atoms with Crippen molar-refractivity contribution in [1.29, 1.82) is 5.26 Å². The number of carbonyl (C=O) groups excluding carboxylic acids is 1. The molecule has 158 valence electrons. The van der Waals surface area contributed by atoms with Gasteiger partial charge >= 0.3 is 0 Å². The van der Waals surface area contributed by atoms with E-state index in [0.29, 0.717) is 13.2 Å². The second-order valence-electron chi connectivity index (χ2n) is 7.61. The summed E-state index contributed by atoms with van der Waals surface area (Å²) in [4.78, 5) is 12.6. The Morgan fingerprint density at radius 1 is 1.21 bits per heavy atom. The Morgan fingerprint density at radius 2 is 1.97 bits per heavy atom. The van der Waals surface area contributed by atoms with Crippen molar-refractivity contribution >= 4 is 5.91 Å². The highest BCUT2D eigenvalue weighted by molar-refractivity contribution is 5.97. The number of hydrogen-bond donors (Lipinski definition) is 2. The van der Waals surface area contributed by atoms with Crippen LogP contribution >= 0.6 is 0 Å². The number of hydrogen-bond acceptors (Lipinski definition) is 4. The van der Waals surface area contributed by atoms with Gasteiger partial charge in [0, 0.05) is 26.0 Å². The molecular weight excluding hydrogens is 362 g/mol. The van der Waals surface area contributed by atoms with Crippen molar-refractivity contribution < 1.29 is 9.53 Å². The summed E-state index contributed by atoms with van der Waals surface area (Å²) < 4.78 is 5.51. The number of fused-ring (bicyclic) bond motifs is 1. The van der Waals surface area contributed by atoms with Crippen LogP contribution in [0.15, 0.2) is 30.0 Å². The summed E-state index contributed by atoms with van der Waals surface area (Å²) in [6.07, 6.45) is 10.1. The van der Waals surface area contributed by atoms with Crippen molar-refractivity contribution in [1.82, 2.24) is 10.6 Å². The predicted octanol–water partition coefficient (Wildman–Crippen LogP) is 4.34. The Bertz CT molecular complexity index is 721. The van der Waals surface area contributed by atoms with Gasteiger partial charge in [0.25, 0.3) is 5.91 Å². The Balaban J connectivity index is 1.86. The molecule has 0 saturated heterocycles. The van der Waals surface area contributed by atoms with Gasteiger partial charge < -0.3 is 15.4 Å². The number of benzene rings is 1. The van der Waals surface area contributed by atoms with Crippen LogP contribution in [0.2, 0.25) is 0 Å². The van der Waals surface area contributed by atoms with Gasteiger partial charge in [0.1, 0.15) is 11.6 Å². The molecule has 0 aliphatic heterocycles. The van der Waals surface area contributed by atoms with Crippen LogP contribution in [0.5, 0.6) is 0 Å². The molecule has 5 nitrogen and oxygen atoms in total. The Labute approximate surface area is 175 Å². The fraction of sp³-hybridized carbons (Fsp3) is 0.583. The van der Waals surface area contributed by atoms with Crippen LogP contribution in [0.25, 0.3) is 0 Å². The monoisotopic (exact) mass is 397 g/mol. The zero-order chi connectivity index (χ0) is 20.9. The van der Waals surface area contributed by atoms with E-state index in [1.54, 1.807) is 0 Å². The van der Waals surface area contributed by atoms with E-state index in [1.165, 1.54) is 30.2 Å². The lowest BCUT2D eigenvalue weighted by Crippen LogP contribution is -2.30. The Hall–Kier alpha value is -2.32. The number of nitrogens with zero attached hydrogens (tertiary/aromatic N) is 1. The maximum Gasteiger partial charge on any atom is 0.263 e. The lowest BCUT2D eigenvalue weighted by Gasteiger charge is -2.21. The highest BCUT2D eigenvalue weighted by Gasteiger charge is 2.18. The molecule has 1 aliphatic carbocycles. The molecule has 1 aromatic rings. The van der Waals surface area contributed by atoms with Gasteiger partial charge in [-0.05, 0) is 61.6 Å². The predicted molar refractivity (Wildman–Crippen MR) is 116 cm³/mol. The number of amides is 1. The second-order valence-corrected chi connectivity index (χ2v) is 7.61. The minimum absolute atomic E-state index is 0.0848. The van der Waals surface area contributed by atoms with Gasteiger partial charge in [-0.25, -0.2) is 0 Å². The van der Waals surface area contributed by atoms with Gasteiger partial charge in [0.05, 0.1) is 6.04 Å². The summed E-state index contributed by atoms with van der Waals surface area (Å²) in [5, 5.41) is 15.4. The van der Waals surface area contributed by atoms with E-state index in [1.807, 2.05) is 6.07 Å². The zero-order valence-corrected chi connectivity index (χ0v) is 17.9. The number of aryl methyl sites for hydroxylation is 2. The topological polar surface area (TPSA) is 74.1 Å². The molecule has 1 atom stereocenters. The van der Waals surface area contributed by atoms with Crippen LogP contribution in [0.1, 0.15) is 75.1 Å². The molecule has 2 N–H and O–H groups in total. The van der Waals surface area contributed by atoms with Gasteiger partial charge in [-0.1, -0.05) is 38.5 Å². The van der Waals surface area contributed by atoms with Crippen LogP contribution in [0.3, 0.4) is 0 Å². The van der Waals surface area contributed by atoms with Crippen LogP contribution in [-0.4, -0.2) is 25.7 Å². The van der Waals surface area contributed by atoms with Gasteiger partial charge in [-0.15, -0.1) is 0 Å². The van der Waals surface area contributed by atoms with Gasteiger partial charge in [-0.3, -0.25) is 4.79 Å². The molecule has 1 amide bonds. The van der Waals surface area contributed by atoms with Gasteiger partial charge in [-0.2, -0.15) is 5.26 Å². The smallest absolute Gasteiger partial charge is 0.263 e. The summed E-state index contributed by atoms with van der Waals surface area (Å²) >= 11 is 0. The number of rotatable bonds is 12. The molecule has 1 aromatic carbocycles. The third kappa shape index (κ3) is 7.55. The first-order chi connectivity index (χ1) is 14.2. The van der Waals surface area contributed by atoms with Crippen LogP contribution in [0.4, 0.5) is 0 Å². The quantitative estimate of drug-likeness (QED) is 0.313. The lowest BCUT2D eigenvalue weighted by atomic mass is 9.88. The summed E-state index contributed by atoms with van der Waals surface area (Å²) in [6, 6.07) is 8.47. The standard InChI is InChI=1S/C24H35N3O2/c1-3-5-14-29-15-8-13-26-18-22(17-25)24(28)27-23(4-2)21-12-11-19-9-6-7-10-20(19)16-21/h11-12,16,18,23,26H,3-10,13-15H2,1-2H3,(H,27,28)/b22-18-. The second kappa shape index (κ2) is 13.0. The molecule has 1 aliphatic rings. The molecule has 0 heterocycles. The van der Waals surface area contributed by atoms with Crippen LogP contribution in [-0.2, 0) is 22.4 Å². The summed E-state index contributed by atoms with van der Waals surface area (Å²) in [5.41, 5.74) is 4.06. The summed E-state index contributed by atoms with van der Waals surface area (Å²) in [7, 11) is 0. The molecule has 29 heavy (non-hydrogen) atoms. The summed E-state index contributed by atoms with van der Waals surface area (Å²) in [5.74, 6) is -0.330. The molecule has 0 spiro atoms. The average molecular weight is 398 g/mol. The van der Waals surface area contributed by atoms with Crippen molar-refractivity contribution in [2.45, 2.75) is 71.3 Å². The van der Waals surface area contributed by atoms with E-state index in [-0.39, 0.29) is 17.5 Å². The van der Waals surface area contributed by atoms with Crippen molar-refractivity contribution in [3.05, 3.63) is 46.7 Å². The van der Waals surface area contributed by atoms with Gasteiger partial charge in [0.15, 0.2) is 0 Å². The molecule has 5 heteroatoms. The average Bonchev–Trinajstić information content (AvgIpc) is 2.76. The largest absolute Gasteiger partial charge is 0.390 e. The molecule has 0 fully saturated rings. The van der Waals surface area contributed by atoms with Crippen molar-refractivity contribution in [2.24, 2.45) is 0 Å². The van der Waals surface area contributed by atoms with Crippen LogP contribution < -0.4 is 10.6 Å². The third-order valence-electron chi connectivity index (χ3n) is 5.35. The fourth-order valence-corrected chi connectivity index (χ4v) is 3.57.